The smallest absolute Gasteiger partial charge is 0.349 e. The first kappa shape index (κ1) is 20.2. The van der Waals surface area contributed by atoms with Gasteiger partial charge < -0.3 is 10.2 Å². The summed E-state index contributed by atoms with van der Waals surface area (Å²) >= 11 is 6.13. The summed E-state index contributed by atoms with van der Waals surface area (Å²) in [7, 11) is 0. The molecule has 3 rings (SSSR count). The van der Waals surface area contributed by atoms with Crippen molar-refractivity contribution >= 4 is 29.1 Å². The number of alkyl halides is 3. The van der Waals surface area contributed by atoms with E-state index in [9.17, 15) is 22.8 Å². The number of benzene rings is 2. The molecule has 0 radical (unpaired) electrons. The van der Waals surface area contributed by atoms with Crippen LogP contribution in [-0.2, 0) is 15.8 Å². The summed E-state index contributed by atoms with van der Waals surface area (Å²) in [6, 6.07) is 11.0. The Balaban J connectivity index is 1.69. The van der Waals surface area contributed by atoms with Crippen LogP contribution in [-0.4, -0.2) is 18.4 Å². The monoisotopic (exact) mass is 410 g/mol. The number of anilines is 1. The van der Waals surface area contributed by atoms with Crippen molar-refractivity contribution in [2.24, 2.45) is 5.92 Å². The zero-order valence-electron chi connectivity index (χ0n) is 15.0. The van der Waals surface area contributed by atoms with Crippen molar-refractivity contribution in [3.63, 3.8) is 0 Å². The second-order valence-corrected chi connectivity index (χ2v) is 7.12. The van der Waals surface area contributed by atoms with Crippen LogP contribution >= 0.6 is 11.6 Å². The third kappa shape index (κ3) is 4.30. The van der Waals surface area contributed by atoms with E-state index in [1.54, 1.807) is 31.2 Å². The van der Waals surface area contributed by atoms with E-state index in [0.717, 1.165) is 12.1 Å². The lowest BCUT2D eigenvalue weighted by Crippen LogP contribution is -2.34. The molecule has 148 valence electrons. The SMILES string of the molecule is CC(NC(=O)C1CC(=O)N(c2ccccc2Cl)C1)c1cccc(C(F)(F)F)c1. The van der Waals surface area contributed by atoms with Crippen LogP contribution in [0, 0.1) is 5.92 Å². The van der Waals surface area contributed by atoms with Gasteiger partial charge in [0.15, 0.2) is 0 Å². The zero-order valence-corrected chi connectivity index (χ0v) is 15.7. The molecular formula is C20H18ClF3N2O2. The molecule has 2 amide bonds. The van der Waals surface area contributed by atoms with E-state index in [4.69, 9.17) is 11.6 Å². The number of nitrogens with zero attached hydrogens (tertiary/aromatic N) is 1. The Morgan fingerprint density at radius 1 is 1.21 bits per heavy atom. The molecule has 2 aromatic carbocycles. The molecule has 0 bridgehead atoms. The van der Waals surface area contributed by atoms with Gasteiger partial charge in [-0.25, -0.2) is 0 Å². The molecule has 1 N–H and O–H groups in total. The lowest BCUT2D eigenvalue weighted by molar-refractivity contribution is -0.137. The predicted molar refractivity (Wildman–Crippen MR) is 99.9 cm³/mol. The fourth-order valence-corrected chi connectivity index (χ4v) is 3.42. The molecule has 2 atom stereocenters. The number of hydrogen-bond donors (Lipinski definition) is 1. The van der Waals surface area contributed by atoms with Gasteiger partial charge in [-0.3, -0.25) is 9.59 Å². The van der Waals surface area contributed by atoms with E-state index in [2.05, 4.69) is 5.32 Å². The van der Waals surface area contributed by atoms with Gasteiger partial charge in [0.2, 0.25) is 11.8 Å². The molecule has 2 unspecified atom stereocenters. The van der Waals surface area contributed by atoms with Crippen molar-refractivity contribution in [1.82, 2.24) is 5.32 Å². The van der Waals surface area contributed by atoms with Gasteiger partial charge in [-0.05, 0) is 36.8 Å². The van der Waals surface area contributed by atoms with E-state index in [-0.39, 0.29) is 24.8 Å². The van der Waals surface area contributed by atoms with Gasteiger partial charge in [0.25, 0.3) is 0 Å². The third-order valence-corrected chi connectivity index (χ3v) is 5.03. The Bertz CT molecular complexity index is 901. The first-order valence-electron chi connectivity index (χ1n) is 8.69. The van der Waals surface area contributed by atoms with E-state index in [1.165, 1.54) is 17.0 Å². The highest BCUT2D eigenvalue weighted by Gasteiger charge is 2.36. The number of halogens is 4. The van der Waals surface area contributed by atoms with Gasteiger partial charge in [0.1, 0.15) is 0 Å². The van der Waals surface area contributed by atoms with Crippen LogP contribution in [0.25, 0.3) is 0 Å². The molecule has 2 aromatic rings. The number of carbonyl (C=O) groups excluding carboxylic acids is 2. The summed E-state index contributed by atoms with van der Waals surface area (Å²) in [5.41, 5.74) is 0.109. The zero-order chi connectivity index (χ0) is 20.5. The van der Waals surface area contributed by atoms with Crippen LogP contribution in [0.2, 0.25) is 5.02 Å². The van der Waals surface area contributed by atoms with Crippen LogP contribution in [0.1, 0.15) is 30.5 Å². The Hall–Kier alpha value is -2.54. The molecular weight excluding hydrogens is 393 g/mol. The van der Waals surface area contributed by atoms with E-state index in [0.29, 0.717) is 16.3 Å². The van der Waals surface area contributed by atoms with E-state index in [1.807, 2.05) is 0 Å². The lowest BCUT2D eigenvalue weighted by atomic mass is 10.0. The maximum absolute atomic E-state index is 12.9. The number of hydrogen-bond acceptors (Lipinski definition) is 2. The molecule has 8 heteroatoms. The van der Waals surface area contributed by atoms with Gasteiger partial charge in [0, 0.05) is 13.0 Å². The Kier molecular flexibility index (Phi) is 5.65. The van der Waals surface area contributed by atoms with Crippen LogP contribution < -0.4 is 10.2 Å². The molecule has 0 saturated carbocycles. The van der Waals surface area contributed by atoms with Crippen molar-refractivity contribution in [2.75, 3.05) is 11.4 Å². The first-order chi connectivity index (χ1) is 13.2. The highest BCUT2D eigenvalue weighted by molar-refractivity contribution is 6.33. The minimum atomic E-state index is -4.45. The standard InChI is InChI=1S/C20H18ClF3N2O2/c1-12(13-5-4-6-15(9-13)20(22,23)24)25-19(28)14-10-18(27)26(11-14)17-8-3-2-7-16(17)21/h2-9,12,14H,10-11H2,1H3,(H,25,28). The number of carbonyl (C=O) groups is 2. The van der Waals surface area contributed by atoms with Crippen molar-refractivity contribution in [3.8, 4) is 0 Å². The summed E-state index contributed by atoms with van der Waals surface area (Å²) in [5, 5.41) is 3.12. The van der Waals surface area contributed by atoms with Gasteiger partial charge in [0.05, 0.1) is 28.2 Å². The number of nitrogens with one attached hydrogen (secondary N) is 1. The molecule has 0 aromatic heterocycles. The molecule has 28 heavy (non-hydrogen) atoms. The summed E-state index contributed by atoms with van der Waals surface area (Å²) in [4.78, 5) is 26.3. The Morgan fingerprint density at radius 3 is 2.61 bits per heavy atom. The fourth-order valence-electron chi connectivity index (χ4n) is 3.19. The normalized spacial score (nSPS) is 18.2. The quantitative estimate of drug-likeness (QED) is 0.801. The van der Waals surface area contributed by atoms with Gasteiger partial charge >= 0.3 is 6.18 Å². The second-order valence-electron chi connectivity index (χ2n) is 6.71. The largest absolute Gasteiger partial charge is 0.416 e. The average Bonchev–Trinajstić information content (AvgIpc) is 3.03. The number of amides is 2. The average molecular weight is 411 g/mol. The maximum atomic E-state index is 12.9. The fraction of sp³-hybridized carbons (Fsp3) is 0.300. The van der Waals surface area contributed by atoms with Crippen LogP contribution in [0.3, 0.4) is 0 Å². The third-order valence-electron chi connectivity index (χ3n) is 4.71. The summed E-state index contributed by atoms with van der Waals surface area (Å²) < 4.78 is 38.6. The van der Waals surface area contributed by atoms with Crippen LogP contribution in [0.4, 0.5) is 18.9 Å². The molecule has 0 aliphatic carbocycles. The molecule has 4 nitrogen and oxygen atoms in total. The summed E-state index contributed by atoms with van der Waals surface area (Å²) in [5.74, 6) is -1.20. The Morgan fingerprint density at radius 2 is 1.93 bits per heavy atom. The first-order valence-corrected chi connectivity index (χ1v) is 9.07. The molecule has 1 heterocycles. The van der Waals surface area contributed by atoms with Crippen LogP contribution in [0.5, 0.6) is 0 Å². The van der Waals surface area contributed by atoms with Gasteiger partial charge in [-0.1, -0.05) is 35.9 Å². The molecule has 1 aliphatic rings. The van der Waals surface area contributed by atoms with Crippen molar-refractivity contribution in [3.05, 3.63) is 64.7 Å². The van der Waals surface area contributed by atoms with Crippen LogP contribution in [0.15, 0.2) is 48.5 Å². The molecule has 1 aliphatic heterocycles. The van der Waals surface area contributed by atoms with Crippen molar-refractivity contribution in [1.29, 1.82) is 0 Å². The minimum Gasteiger partial charge on any atom is -0.349 e. The summed E-state index contributed by atoms with van der Waals surface area (Å²) in [6.45, 7) is 1.78. The van der Waals surface area contributed by atoms with E-state index >= 15 is 0 Å². The van der Waals surface area contributed by atoms with Gasteiger partial charge in [-0.2, -0.15) is 13.2 Å². The van der Waals surface area contributed by atoms with E-state index < -0.39 is 23.7 Å². The molecule has 1 saturated heterocycles. The predicted octanol–water partition coefficient (Wildman–Crippen LogP) is 4.59. The highest BCUT2D eigenvalue weighted by Crippen LogP contribution is 2.32. The van der Waals surface area contributed by atoms with Gasteiger partial charge in [-0.15, -0.1) is 0 Å². The molecule has 1 fully saturated rings. The molecule has 0 spiro atoms. The van der Waals surface area contributed by atoms with Crippen molar-refractivity contribution < 1.29 is 22.8 Å². The number of rotatable bonds is 4. The number of para-hydroxylation sites is 1. The Labute approximate surface area is 165 Å². The summed E-state index contributed by atoms with van der Waals surface area (Å²) in [6.07, 6.45) is -4.43. The maximum Gasteiger partial charge on any atom is 0.416 e. The minimum absolute atomic E-state index is 0.0202. The highest BCUT2D eigenvalue weighted by atomic mass is 35.5. The lowest BCUT2D eigenvalue weighted by Gasteiger charge is -2.20. The van der Waals surface area contributed by atoms with Crippen molar-refractivity contribution in [2.45, 2.75) is 25.6 Å². The second kappa shape index (κ2) is 7.83. The topological polar surface area (TPSA) is 49.4 Å².